The van der Waals surface area contributed by atoms with Crippen molar-refractivity contribution < 1.29 is 4.79 Å². The fraction of sp³-hybridized carbons (Fsp3) is 0.571. The SMILES string of the molecule is CCc1cccc2c(CCNC(=O)C3CC4CCCCC4N3)c[nH]c12.Cl. The lowest BCUT2D eigenvalue weighted by Gasteiger charge is -2.24. The highest BCUT2D eigenvalue weighted by atomic mass is 35.5. The predicted molar refractivity (Wildman–Crippen MR) is 109 cm³/mol. The molecule has 5 heteroatoms. The first-order valence-corrected chi connectivity index (χ1v) is 9.88. The molecule has 1 amide bonds. The van der Waals surface area contributed by atoms with E-state index in [2.05, 4.69) is 46.9 Å². The number of carbonyl (C=O) groups excluding carboxylic acids is 1. The molecule has 3 atom stereocenters. The van der Waals surface area contributed by atoms with Gasteiger partial charge in [-0.3, -0.25) is 4.79 Å². The van der Waals surface area contributed by atoms with E-state index >= 15 is 0 Å². The minimum atomic E-state index is 0. The van der Waals surface area contributed by atoms with E-state index < -0.39 is 0 Å². The lowest BCUT2D eigenvalue weighted by molar-refractivity contribution is -0.122. The topological polar surface area (TPSA) is 56.9 Å². The number of benzene rings is 1. The van der Waals surface area contributed by atoms with Crippen molar-refractivity contribution in [1.29, 1.82) is 0 Å². The second kappa shape index (κ2) is 8.45. The molecule has 0 radical (unpaired) electrons. The molecule has 4 rings (SSSR count). The second-order valence-electron chi connectivity index (χ2n) is 7.65. The van der Waals surface area contributed by atoms with Crippen molar-refractivity contribution in [3.63, 3.8) is 0 Å². The number of fused-ring (bicyclic) bond motifs is 2. The van der Waals surface area contributed by atoms with Gasteiger partial charge >= 0.3 is 0 Å². The van der Waals surface area contributed by atoms with Gasteiger partial charge in [-0.2, -0.15) is 0 Å². The average molecular weight is 376 g/mol. The summed E-state index contributed by atoms with van der Waals surface area (Å²) in [6.45, 7) is 2.89. The number of aromatic amines is 1. The Morgan fingerprint density at radius 2 is 2.08 bits per heavy atom. The third kappa shape index (κ3) is 3.77. The van der Waals surface area contributed by atoms with Crippen LogP contribution in [0.4, 0.5) is 0 Å². The zero-order valence-electron chi connectivity index (χ0n) is 15.5. The molecular weight excluding hydrogens is 346 g/mol. The van der Waals surface area contributed by atoms with Crippen LogP contribution in [0.3, 0.4) is 0 Å². The summed E-state index contributed by atoms with van der Waals surface area (Å²) in [6, 6.07) is 7.07. The zero-order valence-corrected chi connectivity index (χ0v) is 16.3. The number of carbonyl (C=O) groups is 1. The maximum atomic E-state index is 12.5. The van der Waals surface area contributed by atoms with E-state index in [0.29, 0.717) is 18.5 Å². The molecule has 142 valence electrons. The average Bonchev–Trinajstić information content (AvgIpc) is 3.25. The largest absolute Gasteiger partial charge is 0.361 e. The monoisotopic (exact) mass is 375 g/mol. The van der Waals surface area contributed by atoms with E-state index in [9.17, 15) is 4.79 Å². The fourth-order valence-electron chi connectivity index (χ4n) is 4.74. The van der Waals surface area contributed by atoms with Crippen LogP contribution in [-0.2, 0) is 17.6 Å². The zero-order chi connectivity index (χ0) is 17.2. The first kappa shape index (κ1) is 19.2. The minimum absolute atomic E-state index is 0. The number of rotatable bonds is 5. The van der Waals surface area contributed by atoms with Crippen LogP contribution in [0.5, 0.6) is 0 Å². The maximum absolute atomic E-state index is 12.5. The van der Waals surface area contributed by atoms with Gasteiger partial charge in [0.05, 0.1) is 6.04 Å². The van der Waals surface area contributed by atoms with Crippen LogP contribution < -0.4 is 10.6 Å². The van der Waals surface area contributed by atoms with E-state index in [1.165, 1.54) is 47.7 Å². The highest BCUT2D eigenvalue weighted by Crippen LogP contribution is 2.33. The number of hydrogen-bond donors (Lipinski definition) is 3. The Bertz CT molecular complexity index is 743. The number of hydrogen-bond acceptors (Lipinski definition) is 2. The van der Waals surface area contributed by atoms with Crippen molar-refractivity contribution in [1.82, 2.24) is 15.6 Å². The number of H-pyrrole nitrogens is 1. The Labute approximate surface area is 161 Å². The van der Waals surface area contributed by atoms with Crippen LogP contribution in [0.1, 0.15) is 50.2 Å². The summed E-state index contributed by atoms with van der Waals surface area (Å²) in [5, 5.41) is 8.00. The molecule has 0 bridgehead atoms. The molecule has 1 aromatic heterocycles. The van der Waals surface area contributed by atoms with E-state index in [-0.39, 0.29) is 24.4 Å². The van der Waals surface area contributed by atoms with Crippen molar-refractivity contribution in [3.05, 3.63) is 35.5 Å². The summed E-state index contributed by atoms with van der Waals surface area (Å²) in [7, 11) is 0. The molecule has 1 aromatic carbocycles. The molecule has 1 saturated heterocycles. The van der Waals surface area contributed by atoms with Gasteiger partial charge in [-0.25, -0.2) is 0 Å². The summed E-state index contributed by atoms with van der Waals surface area (Å²) in [5.74, 6) is 0.897. The van der Waals surface area contributed by atoms with Crippen molar-refractivity contribution in [3.8, 4) is 0 Å². The number of nitrogens with one attached hydrogen (secondary N) is 3. The third-order valence-corrected chi connectivity index (χ3v) is 6.14. The smallest absolute Gasteiger partial charge is 0.237 e. The van der Waals surface area contributed by atoms with Gasteiger partial charge in [0, 0.05) is 29.7 Å². The van der Waals surface area contributed by atoms with Gasteiger partial charge < -0.3 is 15.6 Å². The Balaban J connectivity index is 0.00000196. The molecular formula is C21H30ClN3O. The number of halogens is 1. The molecule has 2 heterocycles. The number of aromatic nitrogens is 1. The van der Waals surface area contributed by atoms with E-state index in [1.54, 1.807) is 0 Å². The van der Waals surface area contributed by atoms with Crippen molar-refractivity contribution >= 4 is 29.2 Å². The van der Waals surface area contributed by atoms with Crippen LogP contribution in [0, 0.1) is 5.92 Å². The van der Waals surface area contributed by atoms with Crippen molar-refractivity contribution in [2.75, 3.05) is 6.54 Å². The van der Waals surface area contributed by atoms with Crippen LogP contribution in [0.15, 0.2) is 24.4 Å². The molecule has 3 unspecified atom stereocenters. The lowest BCUT2D eigenvalue weighted by Crippen LogP contribution is -2.43. The summed E-state index contributed by atoms with van der Waals surface area (Å²) in [4.78, 5) is 15.9. The Kier molecular flexibility index (Phi) is 6.25. The summed E-state index contributed by atoms with van der Waals surface area (Å²) in [5.41, 5.74) is 3.89. The van der Waals surface area contributed by atoms with Gasteiger partial charge in [0.25, 0.3) is 0 Å². The lowest BCUT2D eigenvalue weighted by atomic mass is 9.85. The molecule has 1 saturated carbocycles. The quantitative estimate of drug-likeness (QED) is 0.745. The highest BCUT2D eigenvalue weighted by molar-refractivity contribution is 5.86. The van der Waals surface area contributed by atoms with E-state index in [1.807, 2.05) is 0 Å². The van der Waals surface area contributed by atoms with Gasteiger partial charge in [0.1, 0.15) is 0 Å². The third-order valence-electron chi connectivity index (χ3n) is 6.14. The molecule has 3 N–H and O–H groups in total. The first-order valence-electron chi connectivity index (χ1n) is 9.88. The van der Waals surface area contributed by atoms with Gasteiger partial charge in [0.2, 0.25) is 5.91 Å². The minimum Gasteiger partial charge on any atom is -0.361 e. The van der Waals surface area contributed by atoms with Crippen LogP contribution in [0.2, 0.25) is 0 Å². The molecule has 0 spiro atoms. The number of para-hydroxylation sites is 1. The van der Waals surface area contributed by atoms with E-state index in [4.69, 9.17) is 0 Å². The predicted octanol–water partition coefficient (Wildman–Crippen LogP) is 3.73. The van der Waals surface area contributed by atoms with Gasteiger partial charge in [-0.15, -0.1) is 12.4 Å². The number of amides is 1. The van der Waals surface area contributed by atoms with Crippen LogP contribution in [-0.4, -0.2) is 29.5 Å². The molecule has 4 nitrogen and oxygen atoms in total. The molecule has 1 aliphatic heterocycles. The van der Waals surface area contributed by atoms with Crippen LogP contribution >= 0.6 is 12.4 Å². The normalized spacial score (nSPS) is 24.9. The van der Waals surface area contributed by atoms with E-state index in [0.717, 1.165) is 19.3 Å². The van der Waals surface area contributed by atoms with Crippen LogP contribution in [0.25, 0.3) is 10.9 Å². The second-order valence-corrected chi connectivity index (χ2v) is 7.65. The summed E-state index contributed by atoms with van der Waals surface area (Å²) < 4.78 is 0. The molecule has 2 aliphatic rings. The molecule has 26 heavy (non-hydrogen) atoms. The maximum Gasteiger partial charge on any atom is 0.237 e. The summed E-state index contributed by atoms with van der Waals surface area (Å²) >= 11 is 0. The molecule has 2 aromatic rings. The fourth-order valence-corrected chi connectivity index (χ4v) is 4.74. The standard InChI is InChI=1S/C21H29N3O.ClH/c1-2-14-7-5-8-17-16(13-23-20(14)17)10-11-22-21(25)19-12-15-6-3-4-9-18(15)24-19;/h5,7-8,13,15,18-19,23-24H,2-4,6,9-12H2,1H3,(H,22,25);1H. The van der Waals surface area contributed by atoms with Crippen molar-refractivity contribution in [2.45, 2.75) is 64.0 Å². The Morgan fingerprint density at radius 3 is 2.88 bits per heavy atom. The number of aryl methyl sites for hydroxylation is 1. The van der Waals surface area contributed by atoms with Crippen molar-refractivity contribution in [2.24, 2.45) is 5.92 Å². The Hall–Kier alpha value is -1.52. The highest BCUT2D eigenvalue weighted by Gasteiger charge is 2.37. The molecule has 2 fully saturated rings. The summed E-state index contributed by atoms with van der Waals surface area (Å²) in [6.07, 6.45) is 10.2. The van der Waals surface area contributed by atoms with Gasteiger partial charge in [0.15, 0.2) is 0 Å². The van der Waals surface area contributed by atoms with Gasteiger partial charge in [-0.1, -0.05) is 38.0 Å². The Morgan fingerprint density at radius 1 is 1.23 bits per heavy atom. The first-order chi connectivity index (χ1) is 12.3. The molecule has 1 aliphatic carbocycles. The van der Waals surface area contributed by atoms with Gasteiger partial charge in [-0.05, 0) is 49.1 Å².